The number of carbonyl (C=O) groups excluding carboxylic acids is 1. The van der Waals surface area contributed by atoms with E-state index >= 15 is 0 Å². The van der Waals surface area contributed by atoms with E-state index in [1.165, 1.54) is 23.5 Å². The molecule has 2 N–H and O–H groups in total. The van der Waals surface area contributed by atoms with Gasteiger partial charge in [-0.05, 0) is 80.6 Å². The zero-order valence-corrected chi connectivity index (χ0v) is 26.6. The van der Waals surface area contributed by atoms with Crippen molar-refractivity contribution >= 4 is 16.1 Å². The summed E-state index contributed by atoms with van der Waals surface area (Å²) in [4.78, 5) is 12.9. The molecule has 0 saturated heterocycles. The second-order valence-corrected chi connectivity index (χ2v) is 13.8. The van der Waals surface area contributed by atoms with Gasteiger partial charge in [-0.2, -0.15) is 4.31 Å². The molecular weight excluding hydrogens is 568 g/mol. The summed E-state index contributed by atoms with van der Waals surface area (Å²) in [7, 11) is -2.45. The van der Waals surface area contributed by atoms with Crippen LogP contribution >= 0.6 is 0 Å². The number of sulfonamides is 1. The van der Waals surface area contributed by atoms with Gasteiger partial charge in [-0.25, -0.2) is 13.2 Å². The van der Waals surface area contributed by atoms with E-state index in [4.69, 9.17) is 14.2 Å². The Balaban J connectivity index is 1.80. The fourth-order valence-electron chi connectivity index (χ4n) is 4.37. The van der Waals surface area contributed by atoms with Gasteiger partial charge in [0.15, 0.2) is 0 Å². The maximum atomic E-state index is 13.6. The number of aliphatic hydroxyl groups excluding tert-OH is 1. The Hall–Kier alpha value is -3.60. The van der Waals surface area contributed by atoms with Crippen molar-refractivity contribution in [1.29, 1.82) is 0 Å². The second-order valence-electron chi connectivity index (χ2n) is 11.8. The summed E-state index contributed by atoms with van der Waals surface area (Å²) in [6.45, 7) is 9.43. The van der Waals surface area contributed by atoms with Gasteiger partial charge in [0.25, 0.3) is 0 Å². The van der Waals surface area contributed by atoms with Crippen LogP contribution < -0.4 is 14.8 Å². The summed E-state index contributed by atoms with van der Waals surface area (Å²) in [6.07, 6.45) is -1.71. The number of alkyl carbamates (subject to hydrolysis) is 1. The topological polar surface area (TPSA) is 114 Å². The maximum Gasteiger partial charge on any atom is 0.407 e. The number of ether oxygens (including phenoxy) is 3. The van der Waals surface area contributed by atoms with Crippen LogP contribution in [0.3, 0.4) is 0 Å². The van der Waals surface area contributed by atoms with Gasteiger partial charge in [-0.1, -0.05) is 56.3 Å². The zero-order valence-electron chi connectivity index (χ0n) is 25.8. The highest BCUT2D eigenvalue weighted by Crippen LogP contribution is 2.22. The molecule has 0 aliphatic rings. The number of rotatable bonds is 14. The van der Waals surface area contributed by atoms with Crippen molar-refractivity contribution in [3.63, 3.8) is 0 Å². The minimum absolute atomic E-state index is 0.0130. The second kappa shape index (κ2) is 15.2. The van der Waals surface area contributed by atoms with E-state index in [1.54, 1.807) is 32.9 Å². The minimum atomic E-state index is -3.96. The molecule has 1 amide bonds. The highest BCUT2D eigenvalue weighted by Gasteiger charge is 2.32. The Morgan fingerprint density at radius 1 is 0.884 bits per heavy atom. The van der Waals surface area contributed by atoms with E-state index in [2.05, 4.69) is 5.32 Å². The van der Waals surface area contributed by atoms with Gasteiger partial charge in [0.1, 0.15) is 23.7 Å². The number of aliphatic hydroxyl groups is 1. The number of hydrogen-bond donors (Lipinski definition) is 2. The average molecular weight is 613 g/mol. The van der Waals surface area contributed by atoms with Crippen molar-refractivity contribution < 1.29 is 32.5 Å². The monoisotopic (exact) mass is 612 g/mol. The highest BCUT2D eigenvalue weighted by atomic mass is 32.2. The molecule has 0 saturated carbocycles. The van der Waals surface area contributed by atoms with Crippen LogP contribution in [0.15, 0.2) is 83.8 Å². The van der Waals surface area contributed by atoms with Gasteiger partial charge in [0, 0.05) is 13.1 Å². The number of nitrogens with zero attached hydrogens (tertiary/aromatic N) is 1. The zero-order chi connectivity index (χ0) is 31.6. The first-order valence-electron chi connectivity index (χ1n) is 14.3. The molecular formula is C33H44N2O7S. The SMILES string of the molecule is COc1ccc(S(=O)(=O)N(CC(C)C)C[C@@H](O)[C@H](Cc2ccc(OCc3ccccc3)cc2)NC(=O)OC(C)(C)C)cc1. The predicted molar refractivity (Wildman–Crippen MR) is 167 cm³/mol. The molecule has 43 heavy (non-hydrogen) atoms. The first-order chi connectivity index (χ1) is 20.3. The first kappa shape index (κ1) is 33.9. The number of methoxy groups -OCH3 is 1. The van der Waals surface area contributed by atoms with E-state index in [1.807, 2.05) is 68.4 Å². The maximum absolute atomic E-state index is 13.6. The minimum Gasteiger partial charge on any atom is -0.497 e. The van der Waals surface area contributed by atoms with Crippen LogP contribution in [0.4, 0.5) is 4.79 Å². The van der Waals surface area contributed by atoms with E-state index in [0.717, 1.165) is 11.1 Å². The fourth-order valence-corrected chi connectivity index (χ4v) is 5.99. The van der Waals surface area contributed by atoms with E-state index in [0.29, 0.717) is 18.1 Å². The summed E-state index contributed by atoms with van der Waals surface area (Å²) in [5, 5.41) is 14.2. The Morgan fingerprint density at radius 2 is 1.49 bits per heavy atom. The van der Waals surface area contributed by atoms with E-state index in [9.17, 15) is 18.3 Å². The Bertz CT molecular complexity index is 1390. The Labute approximate surface area is 255 Å². The summed E-state index contributed by atoms with van der Waals surface area (Å²) in [5.41, 5.74) is 1.12. The quantitative estimate of drug-likeness (QED) is 0.250. The molecule has 0 aliphatic carbocycles. The molecule has 0 heterocycles. The summed E-state index contributed by atoms with van der Waals surface area (Å²) in [5.74, 6) is 1.20. The van der Waals surface area contributed by atoms with Crippen LogP contribution in [0.2, 0.25) is 0 Å². The predicted octanol–water partition coefficient (Wildman–Crippen LogP) is 5.42. The van der Waals surface area contributed by atoms with E-state index < -0.39 is 33.9 Å². The largest absolute Gasteiger partial charge is 0.497 e. The van der Waals surface area contributed by atoms with Gasteiger partial charge in [0.05, 0.1) is 24.2 Å². The van der Waals surface area contributed by atoms with Crippen LogP contribution in [0.25, 0.3) is 0 Å². The normalized spacial score (nSPS) is 13.4. The highest BCUT2D eigenvalue weighted by molar-refractivity contribution is 7.89. The lowest BCUT2D eigenvalue weighted by atomic mass is 10.0. The van der Waals surface area contributed by atoms with Crippen molar-refractivity contribution in [3.05, 3.63) is 90.0 Å². The van der Waals surface area contributed by atoms with Crippen molar-refractivity contribution in [2.24, 2.45) is 5.92 Å². The number of hydrogen-bond acceptors (Lipinski definition) is 7. The van der Waals surface area contributed by atoms with Gasteiger partial charge in [-0.15, -0.1) is 0 Å². The molecule has 2 atom stereocenters. The van der Waals surface area contributed by atoms with Gasteiger partial charge >= 0.3 is 6.09 Å². The third kappa shape index (κ3) is 10.9. The number of benzene rings is 3. The third-order valence-electron chi connectivity index (χ3n) is 6.45. The molecule has 0 aromatic heterocycles. The van der Waals surface area contributed by atoms with Gasteiger partial charge < -0.3 is 24.6 Å². The molecule has 0 unspecified atom stereocenters. The molecule has 234 valence electrons. The molecule has 3 rings (SSSR count). The van der Waals surface area contributed by atoms with Gasteiger partial charge in [-0.3, -0.25) is 0 Å². The molecule has 0 bridgehead atoms. The number of nitrogens with one attached hydrogen (secondary N) is 1. The van der Waals surface area contributed by atoms with Gasteiger partial charge in [0.2, 0.25) is 10.0 Å². The van der Waals surface area contributed by atoms with Crippen molar-refractivity contribution in [1.82, 2.24) is 9.62 Å². The summed E-state index contributed by atoms with van der Waals surface area (Å²) >= 11 is 0. The van der Waals surface area contributed by atoms with Crippen molar-refractivity contribution in [3.8, 4) is 11.5 Å². The lowest BCUT2D eigenvalue weighted by molar-refractivity contribution is 0.0400. The average Bonchev–Trinajstić information content (AvgIpc) is 2.95. The number of carbonyl (C=O) groups is 1. The van der Waals surface area contributed by atoms with Crippen molar-refractivity contribution in [2.45, 2.75) is 70.3 Å². The van der Waals surface area contributed by atoms with Crippen LogP contribution in [0.5, 0.6) is 11.5 Å². The molecule has 0 fully saturated rings. The smallest absolute Gasteiger partial charge is 0.407 e. The lowest BCUT2D eigenvalue weighted by Crippen LogP contribution is -2.51. The lowest BCUT2D eigenvalue weighted by Gasteiger charge is -2.31. The van der Waals surface area contributed by atoms with E-state index in [-0.39, 0.29) is 30.3 Å². The first-order valence-corrected chi connectivity index (χ1v) is 15.8. The molecule has 0 spiro atoms. The summed E-state index contributed by atoms with van der Waals surface area (Å²) < 4.78 is 45.0. The van der Waals surface area contributed by atoms with Crippen LogP contribution in [0.1, 0.15) is 45.7 Å². The molecule has 9 nitrogen and oxygen atoms in total. The fraction of sp³-hybridized carbons (Fsp3) is 0.424. The Kier molecular flexibility index (Phi) is 12.0. The molecule has 10 heteroatoms. The van der Waals surface area contributed by atoms with Crippen LogP contribution in [-0.2, 0) is 27.8 Å². The van der Waals surface area contributed by atoms with Crippen LogP contribution in [-0.4, -0.2) is 61.9 Å². The third-order valence-corrected chi connectivity index (χ3v) is 8.30. The Morgan fingerprint density at radius 3 is 2.05 bits per heavy atom. The standard InChI is InChI=1S/C33H44N2O7S/c1-24(2)21-35(43(38,39)29-18-16-27(40-6)17-19-29)22-31(36)30(34-32(37)42-33(3,4)5)20-25-12-14-28(15-13-25)41-23-26-10-8-7-9-11-26/h7-19,24,30-31,36H,20-23H2,1-6H3,(H,34,37)/t30-,31+/m0/s1. The molecule has 3 aromatic carbocycles. The number of amides is 1. The molecule has 3 aromatic rings. The molecule has 0 radical (unpaired) electrons. The summed E-state index contributed by atoms with van der Waals surface area (Å²) in [6, 6.07) is 22.5. The molecule has 0 aliphatic heterocycles. The van der Waals surface area contributed by atoms with Crippen LogP contribution in [0, 0.1) is 5.92 Å². The van der Waals surface area contributed by atoms with Crippen molar-refractivity contribution in [2.75, 3.05) is 20.2 Å².